The quantitative estimate of drug-likeness (QED) is 0.717. The number of nitriles is 2. The molecular weight excluding hydrogens is 264 g/mol. The van der Waals surface area contributed by atoms with Gasteiger partial charge < -0.3 is 10.3 Å². The van der Waals surface area contributed by atoms with Gasteiger partial charge in [0, 0.05) is 17.3 Å². The molecule has 100 valence electrons. The number of nitrogens with two attached hydrogens (primary N) is 1. The van der Waals surface area contributed by atoms with Crippen LogP contribution < -0.4 is 5.73 Å². The summed E-state index contributed by atoms with van der Waals surface area (Å²) in [6.07, 6.45) is 3.19. The van der Waals surface area contributed by atoms with E-state index in [0.717, 1.165) is 16.5 Å². The Morgan fingerprint density at radius 2 is 2.00 bits per heavy atom. The van der Waals surface area contributed by atoms with Gasteiger partial charge in [-0.15, -0.1) is 0 Å². The summed E-state index contributed by atoms with van der Waals surface area (Å²) in [5.41, 5.74) is 8.68. The van der Waals surface area contributed by atoms with Crippen molar-refractivity contribution in [2.45, 2.75) is 6.54 Å². The van der Waals surface area contributed by atoms with E-state index in [-0.39, 0.29) is 11.4 Å². The molecule has 2 aromatic heterocycles. The number of nitrogens with zero attached hydrogens (tertiary/aromatic N) is 5. The van der Waals surface area contributed by atoms with E-state index in [1.165, 1.54) is 6.33 Å². The SMILES string of the molecule is N#Cc1ncn(Cc2ccc(N)c3cccnc23)c1C#N. The van der Waals surface area contributed by atoms with Crippen molar-refractivity contribution in [1.29, 1.82) is 10.5 Å². The van der Waals surface area contributed by atoms with E-state index in [0.29, 0.717) is 12.2 Å². The zero-order chi connectivity index (χ0) is 14.8. The van der Waals surface area contributed by atoms with Crippen molar-refractivity contribution in [2.75, 3.05) is 5.73 Å². The number of imidazole rings is 1. The van der Waals surface area contributed by atoms with E-state index in [9.17, 15) is 0 Å². The maximum absolute atomic E-state index is 9.16. The molecule has 0 saturated carbocycles. The predicted molar refractivity (Wildman–Crippen MR) is 76.9 cm³/mol. The van der Waals surface area contributed by atoms with Crippen LogP contribution in [0.1, 0.15) is 17.0 Å². The average molecular weight is 274 g/mol. The van der Waals surface area contributed by atoms with Crippen LogP contribution in [0.15, 0.2) is 36.8 Å². The van der Waals surface area contributed by atoms with Crippen LogP contribution in [0.2, 0.25) is 0 Å². The molecule has 0 unspecified atom stereocenters. The van der Waals surface area contributed by atoms with Gasteiger partial charge in [-0.05, 0) is 23.8 Å². The van der Waals surface area contributed by atoms with Gasteiger partial charge in [0.25, 0.3) is 0 Å². The van der Waals surface area contributed by atoms with E-state index < -0.39 is 0 Å². The van der Waals surface area contributed by atoms with Gasteiger partial charge in [-0.25, -0.2) is 4.98 Å². The molecule has 0 atom stereocenters. The Morgan fingerprint density at radius 1 is 1.14 bits per heavy atom. The summed E-state index contributed by atoms with van der Waals surface area (Å²) in [5.74, 6) is 0. The second-order valence-corrected chi connectivity index (χ2v) is 4.51. The number of fused-ring (bicyclic) bond motifs is 1. The van der Waals surface area contributed by atoms with Crippen LogP contribution in [0.5, 0.6) is 0 Å². The normalized spacial score (nSPS) is 10.2. The summed E-state index contributed by atoms with van der Waals surface area (Å²) in [5, 5.41) is 19.0. The third kappa shape index (κ3) is 2.05. The smallest absolute Gasteiger partial charge is 0.176 e. The van der Waals surface area contributed by atoms with Crippen LogP contribution in [0, 0.1) is 22.7 Å². The zero-order valence-corrected chi connectivity index (χ0v) is 11.0. The molecule has 0 bridgehead atoms. The summed E-state index contributed by atoms with van der Waals surface area (Å²) in [6, 6.07) is 11.3. The predicted octanol–water partition coefficient (Wildman–Crippen LogP) is 1.81. The molecule has 0 aliphatic heterocycles. The number of anilines is 1. The molecule has 0 amide bonds. The molecule has 21 heavy (non-hydrogen) atoms. The molecule has 0 aliphatic rings. The van der Waals surface area contributed by atoms with Crippen LogP contribution in [0.4, 0.5) is 5.69 Å². The molecule has 6 nitrogen and oxygen atoms in total. The molecule has 0 aliphatic carbocycles. The van der Waals surface area contributed by atoms with Crippen molar-refractivity contribution in [3.05, 3.63) is 53.7 Å². The van der Waals surface area contributed by atoms with E-state index >= 15 is 0 Å². The lowest BCUT2D eigenvalue weighted by Crippen LogP contribution is -2.03. The first-order chi connectivity index (χ1) is 10.2. The van der Waals surface area contributed by atoms with Gasteiger partial charge in [0.15, 0.2) is 11.4 Å². The standard InChI is InChI=1S/C15H10N6/c16-6-13-14(7-17)21(9-20-13)8-10-3-4-12(18)11-2-1-5-19-15(10)11/h1-5,9H,8,18H2. The van der Waals surface area contributed by atoms with E-state index in [2.05, 4.69) is 9.97 Å². The highest BCUT2D eigenvalue weighted by Gasteiger charge is 2.12. The molecule has 0 radical (unpaired) electrons. The van der Waals surface area contributed by atoms with E-state index in [4.69, 9.17) is 16.3 Å². The van der Waals surface area contributed by atoms with Gasteiger partial charge in [-0.3, -0.25) is 4.98 Å². The van der Waals surface area contributed by atoms with E-state index in [1.807, 2.05) is 36.4 Å². The number of nitrogen functional groups attached to an aromatic ring is 1. The zero-order valence-electron chi connectivity index (χ0n) is 11.0. The van der Waals surface area contributed by atoms with Gasteiger partial charge in [0.1, 0.15) is 12.1 Å². The first-order valence-electron chi connectivity index (χ1n) is 6.22. The molecule has 0 fully saturated rings. The topological polar surface area (TPSA) is 104 Å². The second-order valence-electron chi connectivity index (χ2n) is 4.51. The molecule has 3 aromatic rings. The largest absolute Gasteiger partial charge is 0.398 e. The minimum Gasteiger partial charge on any atom is -0.398 e. The van der Waals surface area contributed by atoms with Gasteiger partial charge >= 0.3 is 0 Å². The van der Waals surface area contributed by atoms with Gasteiger partial charge in [-0.2, -0.15) is 10.5 Å². The molecule has 2 heterocycles. The van der Waals surface area contributed by atoms with Crippen LogP contribution in [0.3, 0.4) is 0 Å². The molecule has 1 aromatic carbocycles. The Bertz CT molecular complexity index is 910. The Kier molecular flexibility index (Phi) is 2.98. The van der Waals surface area contributed by atoms with Crippen molar-refractivity contribution in [3.8, 4) is 12.1 Å². The Morgan fingerprint density at radius 3 is 2.76 bits per heavy atom. The second kappa shape index (κ2) is 4.95. The number of hydrogen-bond donors (Lipinski definition) is 1. The summed E-state index contributed by atoms with van der Waals surface area (Å²) in [6.45, 7) is 0.408. The third-order valence-corrected chi connectivity index (χ3v) is 3.28. The highest BCUT2D eigenvalue weighted by Crippen LogP contribution is 2.23. The minimum absolute atomic E-state index is 0.130. The number of pyridine rings is 1. The van der Waals surface area contributed by atoms with Gasteiger partial charge in [0.05, 0.1) is 18.4 Å². The summed E-state index contributed by atoms with van der Waals surface area (Å²) in [7, 11) is 0. The first kappa shape index (κ1) is 12.6. The third-order valence-electron chi connectivity index (χ3n) is 3.28. The lowest BCUT2D eigenvalue weighted by molar-refractivity contribution is 0.789. The summed E-state index contributed by atoms with van der Waals surface area (Å²) < 4.78 is 1.64. The first-order valence-corrected chi connectivity index (χ1v) is 6.22. The maximum atomic E-state index is 9.16. The summed E-state index contributed by atoms with van der Waals surface area (Å²) >= 11 is 0. The van der Waals surface area contributed by atoms with Gasteiger partial charge in [-0.1, -0.05) is 6.07 Å². The molecule has 0 spiro atoms. The minimum atomic E-state index is 0.130. The Labute approximate surface area is 120 Å². The highest BCUT2D eigenvalue weighted by molar-refractivity contribution is 5.92. The molecule has 3 rings (SSSR count). The number of benzene rings is 1. The average Bonchev–Trinajstić information content (AvgIpc) is 2.92. The van der Waals surface area contributed by atoms with Crippen LogP contribution in [-0.4, -0.2) is 14.5 Å². The van der Waals surface area contributed by atoms with Crippen LogP contribution >= 0.6 is 0 Å². The number of rotatable bonds is 2. The van der Waals surface area contributed by atoms with Crippen molar-refractivity contribution < 1.29 is 0 Å². The maximum Gasteiger partial charge on any atom is 0.176 e. The monoisotopic (exact) mass is 274 g/mol. The Balaban J connectivity index is 2.12. The van der Waals surface area contributed by atoms with Crippen molar-refractivity contribution in [1.82, 2.24) is 14.5 Å². The fraction of sp³-hybridized carbons (Fsp3) is 0.0667. The highest BCUT2D eigenvalue weighted by atomic mass is 15.1. The number of aromatic nitrogens is 3. The van der Waals surface area contributed by atoms with Gasteiger partial charge in [0.2, 0.25) is 0 Å². The summed E-state index contributed by atoms with van der Waals surface area (Å²) in [4.78, 5) is 8.29. The molecule has 2 N–H and O–H groups in total. The van der Waals surface area contributed by atoms with Crippen molar-refractivity contribution in [3.63, 3.8) is 0 Å². The van der Waals surface area contributed by atoms with E-state index in [1.54, 1.807) is 10.8 Å². The molecule has 6 heteroatoms. The molecule has 0 saturated heterocycles. The fourth-order valence-electron chi connectivity index (χ4n) is 2.27. The van der Waals surface area contributed by atoms with Crippen molar-refractivity contribution >= 4 is 16.6 Å². The lowest BCUT2D eigenvalue weighted by atomic mass is 10.1. The fourth-order valence-corrected chi connectivity index (χ4v) is 2.27. The molecular formula is C15H10N6. The lowest BCUT2D eigenvalue weighted by Gasteiger charge is -2.09. The number of hydrogen-bond acceptors (Lipinski definition) is 5. The van der Waals surface area contributed by atoms with Crippen LogP contribution in [-0.2, 0) is 6.54 Å². The van der Waals surface area contributed by atoms with Crippen molar-refractivity contribution in [2.24, 2.45) is 0 Å². The Hall–Kier alpha value is -3.38. The van der Waals surface area contributed by atoms with Crippen LogP contribution in [0.25, 0.3) is 10.9 Å².